The Morgan fingerprint density at radius 3 is 1.47 bits per heavy atom. The molecule has 3 aromatic heterocycles. The van der Waals surface area contributed by atoms with Gasteiger partial charge in [0.1, 0.15) is 0 Å². The van der Waals surface area contributed by atoms with E-state index in [0.717, 1.165) is 28.1 Å². The van der Waals surface area contributed by atoms with Gasteiger partial charge in [-0.3, -0.25) is 0 Å². The second-order valence-electron chi connectivity index (χ2n) is 15.3. The van der Waals surface area contributed by atoms with Crippen molar-refractivity contribution in [3.8, 4) is 17.1 Å². The van der Waals surface area contributed by atoms with Crippen LogP contribution in [0.5, 0.6) is 0 Å². The minimum Gasteiger partial charge on any atom is -0.309 e. The molecule has 0 atom stereocenters. The smallest absolute Gasteiger partial charge is 0.0562 e. The van der Waals surface area contributed by atoms with Gasteiger partial charge >= 0.3 is 0 Å². The maximum atomic E-state index is 4.38. The standard InChI is InChI=1S/C55H37N3/c1-3-16-42-47-34-36(30-32-52(47)56(48(42)4-2)35-29-31-41-39-19-6-5-17-37(39)38-18-7-8-20-40(38)46(41)33-35)57-51-26-14-11-23-45(51)55-53(57)27-15-28-54(55)58-49-24-12-9-21-43(49)44-22-10-13-25-50(44)58/h3-34H,2H2,1H3/b16-3-. The molecule has 3 heterocycles. The number of fused-ring (bicyclic) bond motifs is 13. The number of hydrogen-bond acceptors (Lipinski definition) is 0. The van der Waals surface area contributed by atoms with Gasteiger partial charge in [-0.1, -0.05) is 134 Å². The number of benzene rings is 9. The lowest BCUT2D eigenvalue weighted by molar-refractivity contribution is 1.11. The van der Waals surface area contributed by atoms with Gasteiger partial charge in [0.05, 0.1) is 39.0 Å². The van der Waals surface area contributed by atoms with Crippen molar-refractivity contribution in [2.24, 2.45) is 0 Å². The topological polar surface area (TPSA) is 14.8 Å². The Kier molecular flexibility index (Phi) is 6.99. The molecule has 0 aliphatic carbocycles. The van der Waals surface area contributed by atoms with Gasteiger partial charge in [0.15, 0.2) is 0 Å². The van der Waals surface area contributed by atoms with E-state index in [1.54, 1.807) is 0 Å². The quantitative estimate of drug-likeness (QED) is 0.156. The van der Waals surface area contributed by atoms with Gasteiger partial charge in [-0.15, -0.1) is 0 Å². The molecule has 0 unspecified atom stereocenters. The number of para-hydroxylation sites is 3. The molecule has 0 fully saturated rings. The molecule has 9 aromatic carbocycles. The number of aromatic nitrogens is 3. The predicted molar refractivity (Wildman–Crippen MR) is 249 cm³/mol. The van der Waals surface area contributed by atoms with Crippen LogP contribution in [0.4, 0.5) is 0 Å². The molecule has 0 N–H and O–H groups in total. The van der Waals surface area contributed by atoms with Crippen LogP contribution < -0.4 is 0 Å². The molecule has 3 nitrogen and oxygen atoms in total. The van der Waals surface area contributed by atoms with Crippen LogP contribution in [-0.4, -0.2) is 13.7 Å². The van der Waals surface area contributed by atoms with Crippen molar-refractivity contribution in [3.63, 3.8) is 0 Å². The second-order valence-corrected chi connectivity index (χ2v) is 15.3. The highest BCUT2D eigenvalue weighted by Gasteiger charge is 2.22. The summed E-state index contributed by atoms with van der Waals surface area (Å²) in [6.07, 6.45) is 6.38. The number of hydrogen-bond donors (Lipinski definition) is 0. The summed E-state index contributed by atoms with van der Waals surface area (Å²) in [7, 11) is 0. The van der Waals surface area contributed by atoms with Crippen LogP contribution in [0.25, 0.3) is 116 Å². The van der Waals surface area contributed by atoms with E-state index in [1.807, 2.05) is 6.08 Å². The average Bonchev–Trinajstić information content (AvgIpc) is 3.92. The summed E-state index contributed by atoms with van der Waals surface area (Å²) in [5, 5.41) is 13.8. The predicted octanol–water partition coefficient (Wildman–Crippen LogP) is 15.0. The van der Waals surface area contributed by atoms with Crippen molar-refractivity contribution in [3.05, 3.63) is 200 Å². The molecule has 3 heteroatoms. The Bertz CT molecular complexity index is 3630. The van der Waals surface area contributed by atoms with E-state index in [-0.39, 0.29) is 0 Å². The van der Waals surface area contributed by atoms with Crippen LogP contribution in [0.3, 0.4) is 0 Å². The molecule has 0 bridgehead atoms. The highest BCUT2D eigenvalue weighted by atomic mass is 15.0. The average molecular weight is 740 g/mol. The van der Waals surface area contributed by atoms with Crippen molar-refractivity contribution < 1.29 is 0 Å². The number of rotatable bonds is 5. The molecule has 0 amide bonds. The summed E-state index contributed by atoms with van der Waals surface area (Å²) in [4.78, 5) is 0. The van der Waals surface area contributed by atoms with Gasteiger partial charge in [-0.2, -0.15) is 0 Å². The van der Waals surface area contributed by atoms with Crippen molar-refractivity contribution in [1.82, 2.24) is 13.7 Å². The first-order valence-corrected chi connectivity index (χ1v) is 20.0. The molecule has 12 aromatic rings. The van der Waals surface area contributed by atoms with E-state index in [2.05, 4.69) is 215 Å². The molecule has 0 spiro atoms. The second kappa shape index (κ2) is 12.4. The van der Waals surface area contributed by atoms with Crippen LogP contribution in [0, 0.1) is 0 Å². The highest BCUT2D eigenvalue weighted by Crippen LogP contribution is 2.42. The first-order valence-electron chi connectivity index (χ1n) is 20.0. The Hall–Kier alpha value is -7.62. The van der Waals surface area contributed by atoms with E-state index >= 15 is 0 Å². The van der Waals surface area contributed by atoms with Crippen LogP contribution in [-0.2, 0) is 0 Å². The van der Waals surface area contributed by atoms with E-state index in [9.17, 15) is 0 Å². The fraction of sp³-hybridized carbons (Fsp3) is 0.0182. The molecule has 12 rings (SSSR count). The lowest BCUT2D eigenvalue weighted by Crippen LogP contribution is -1.98. The zero-order chi connectivity index (χ0) is 38.5. The van der Waals surface area contributed by atoms with Crippen molar-refractivity contribution in [1.29, 1.82) is 0 Å². The van der Waals surface area contributed by atoms with Crippen LogP contribution in [0.15, 0.2) is 189 Å². The third-order valence-electron chi connectivity index (χ3n) is 12.3. The Balaban J connectivity index is 1.12. The molecule has 0 aliphatic rings. The van der Waals surface area contributed by atoms with Crippen LogP contribution in [0.1, 0.15) is 18.2 Å². The third kappa shape index (κ3) is 4.44. The van der Waals surface area contributed by atoms with Gasteiger partial charge in [0, 0.05) is 43.9 Å². The van der Waals surface area contributed by atoms with Gasteiger partial charge < -0.3 is 13.7 Å². The summed E-state index contributed by atoms with van der Waals surface area (Å²) < 4.78 is 7.28. The van der Waals surface area contributed by atoms with E-state index in [4.69, 9.17) is 0 Å². The van der Waals surface area contributed by atoms with Crippen molar-refractivity contribution >= 4 is 99.0 Å². The summed E-state index contributed by atoms with van der Waals surface area (Å²) >= 11 is 0. The molecule has 0 radical (unpaired) electrons. The first kappa shape index (κ1) is 32.6. The SMILES string of the molecule is C=Cc1c(/C=C\C)c2cc(-n3c4ccccc4c4c(-n5c6ccccc6c6ccccc65)cccc43)ccc2n1-c1ccc2c3ccccc3c3ccccc3c2c1. The van der Waals surface area contributed by atoms with E-state index in [0.29, 0.717) is 0 Å². The highest BCUT2D eigenvalue weighted by molar-refractivity contribution is 6.25. The van der Waals surface area contributed by atoms with Gasteiger partial charge in [0.25, 0.3) is 0 Å². The normalized spacial score (nSPS) is 12.2. The van der Waals surface area contributed by atoms with Crippen molar-refractivity contribution in [2.75, 3.05) is 0 Å². The maximum Gasteiger partial charge on any atom is 0.0562 e. The molecule has 0 aliphatic heterocycles. The van der Waals surface area contributed by atoms with Gasteiger partial charge in [-0.25, -0.2) is 0 Å². The lowest BCUT2D eigenvalue weighted by atomic mass is 9.94. The Morgan fingerprint density at radius 2 is 0.845 bits per heavy atom. The summed E-state index contributed by atoms with van der Waals surface area (Å²) in [6, 6.07) is 64.6. The minimum absolute atomic E-state index is 1.07. The number of nitrogens with zero attached hydrogens (tertiary/aromatic N) is 3. The van der Waals surface area contributed by atoms with Gasteiger partial charge in [0.2, 0.25) is 0 Å². The van der Waals surface area contributed by atoms with Crippen LogP contribution >= 0.6 is 0 Å². The van der Waals surface area contributed by atoms with E-state index < -0.39 is 0 Å². The number of allylic oxidation sites excluding steroid dienone is 1. The maximum absolute atomic E-state index is 4.38. The Labute approximate surface area is 335 Å². The fourth-order valence-electron chi connectivity index (χ4n) is 9.96. The zero-order valence-electron chi connectivity index (χ0n) is 32.0. The molecule has 0 saturated carbocycles. The van der Waals surface area contributed by atoms with E-state index in [1.165, 1.54) is 87.0 Å². The van der Waals surface area contributed by atoms with Crippen LogP contribution in [0.2, 0.25) is 0 Å². The third-order valence-corrected chi connectivity index (χ3v) is 12.3. The molecular weight excluding hydrogens is 703 g/mol. The largest absolute Gasteiger partial charge is 0.309 e. The molecule has 272 valence electrons. The zero-order valence-corrected chi connectivity index (χ0v) is 32.0. The fourth-order valence-corrected chi connectivity index (χ4v) is 9.96. The summed E-state index contributed by atoms with van der Waals surface area (Å²) in [6.45, 7) is 6.47. The molecule has 0 saturated heterocycles. The Morgan fingerprint density at radius 1 is 0.379 bits per heavy atom. The van der Waals surface area contributed by atoms with Gasteiger partial charge in [-0.05, 0) is 106 Å². The summed E-state index contributed by atoms with van der Waals surface area (Å²) in [5.41, 5.74) is 11.5. The molecule has 58 heavy (non-hydrogen) atoms. The monoisotopic (exact) mass is 739 g/mol. The lowest BCUT2D eigenvalue weighted by Gasteiger charge is -2.14. The van der Waals surface area contributed by atoms with Crippen molar-refractivity contribution in [2.45, 2.75) is 6.92 Å². The molecular formula is C55H37N3. The summed E-state index contributed by atoms with van der Waals surface area (Å²) in [5.74, 6) is 0. The minimum atomic E-state index is 1.07. The first-order chi connectivity index (χ1) is 28.7.